The van der Waals surface area contributed by atoms with Gasteiger partial charge in [0, 0.05) is 9.78 Å². The maximum atomic E-state index is 9.28. The van der Waals surface area contributed by atoms with E-state index in [4.69, 9.17) is 0 Å². The van der Waals surface area contributed by atoms with Gasteiger partial charge in [-0.25, -0.2) is 0 Å². The maximum Gasteiger partial charge on any atom is 0.0531 e. The number of hydrogen-bond donors (Lipinski definition) is 1. The summed E-state index contributed by atoms with van der Waals surface area (Å²) in [6, 6.07) is 5.95. The highest BCUT2D eigenvalue weighted by Crippen LogP contribution is 2.25. The van der Waals surface area contributed by atoms with Crippen molar-refractivity contribution in [2.75, 3.05) is 6.66 Å². The number of benzene rings is 1. The molecule has 13 heavy (non-hydrogen) atoms. The van der Waals surface area contributed by atoms with Crippen LogP contribution in [0.5, 0.6) is 0 Å². The second-order valence-electron chi connectivity index (χ2n) is 2.46. The monoisotopic (exact) mass is 262 g/mol. The fraction of sp³-hybridized carbons (Fsp3) is 0.400. The third-order valence-electron chi connectivity index (χ3n) is 1.53. The van der Waals surface area contributed by atoms with E-state index in [0.29, 0.717) is 0 Å². The lowest BCUT2D eigenvalue weighted by Gasteiger charge is -2.05. The van der Waals surface area contributed by atoms with Gasteiger partial charge in [-0.05, 0) is 25.2 Å². The number of halogens is 1. The third kappa shape index (κ3) is 4.21. The summed E-state index contributed by atoms with van der Waals surface area (Å²) in [7, 11) is -0.954. The van der Waals surface area contributed by atoms with Crippen LogP contribution in [0.1, 0.15) is 19.4 Å². The molecule has 0 amide bonds. The van der Waals surface area contributed by atoms with Gasteiger partial charge in [0.05, 0.1) is 8.15 Å². The zero-order valence-electron chi connectivity index (χ0n) is 8.50. The van der Waals surface area contributed by atoms with E-state index in [9.17, 15) is 4.89 Å². The second-order valence-corrected chi connectivity index (χ2v) is 4.88. The Morgan fingerprint density at radius 1 is 1.31 bits per heavy atom. The first kappa shape index (κ1) is 13.1. The van der Waals surface area contributed by atoms with Crippen LogP contribution in [0.25, 0.3) is 0 Å². The Kier molecular flexibility index (Phi) is 6.58. The Morgan fingerprint density at radius 2 is 1.85 bits per heavy atom. The molecule has 1 nitrogen and oxygen atoms in total. The van der Waals surface area contributed by atoms with E-state index in [1.807, 2.05) is 45.6 Å². The Balaban J connectivity index is 0.000000671. The van der Waals surface area contributed by atoms with Crippen molar-refractivity contribution in [2.45, 2.75) is 20.8 Å². The number of aryl methyl sites for hydroxylation is 1. The van der Waals surface area contributed by atoms with Crippen molar-refractivity contribution in [1.29, 1.82) is 0 Å². The molecule has 0 heterocycles. The van der Waals surface area contributed by atoms with Gasteiger partial charge in [0.1, 0.15) is 0 Å². The Bertz CT molecular complexity index is 261. The molecule has 3 heteroatoms. The smallest absolute Gasteiger partial charge is 0.0531 e. The van der Waals surface area contributed by atoms with Gasteiger partial charge >= 0.3 is 0 Å². The van der Waals surface area contributed by atoms with E-state index in [1.165, 1.54) is 5.56 Å². The predicted octanol–water partition coefficient (Wildman–Crippen LogP) is 3.43. The highest BCUT2D eigenvalue weighted by Gasteiger charge is 2.01. The molecule has 1 atom stereocenters. The zero-order chi connectivity index (χ0) is 10.4. The highest BCUT2D eigenvalue weighted by molar-refractivity contribution is 9.10. The summed E-state index contributed by atoms with van der Waals surface area (Å²) in [5, 5.41) is 1.01. The van der Waals surface area contributed by atoms with Crippen LogP contribution in [-0.2, 0) is 0 Å². The van der Waals surface area contributed by atoms with E-state index < -0.39 is 8.15 Å². The SMILES string of the molecule is CC.Cc1ccc(P(C)O)cc1Br. The average Bonchev–Trinajstić information content (AvgIpc) is 2.13. The van der Waals surface area contributed by atoms with Gasteiger partial charge in [0.25, 0.3) is 0 Å². The van der Waals surface area contributed by atoms with Gasteiger partial charge in [-0.2, -0.15) is 0 Å². The summed E-state index contributed by atoms with van der Waals surface area (Å²) in [4.78, 5) is 9.28. The number of hydrogen-bond acceptors (Lipinski definition) is 1. The first-order valence-electron chi connectivity index (χ1n) is 4.30. The lowest BCUT2D eigenvalue weighted by Crippen LogP contribution is -1.98. The van der Waals surface area contributed by atoms with Gasteiger partial charge in [-0.1, -0.05) is 41.9 Å². The minimum Gasteiger partial charge on any atom is -0.369 e. The molecule has 0 aliphatic heterocycles. The van der Waals surface area contributed by atoms with Crippen molar-refractivity contribution in [3.8, 4) is 0 Å². The zero-order valence-corrected chi connectivity index (χ0v) is 11.0. The van der Waals surface area contributed by atoms with Crippen molar-refractivity contribution in [2.24, 2.45) is 0 Å². The lowest BCUT2D eigenvalue weighted by atomic mass is 10.2. The predicted molar refractivity (Wildman–Crippen MR) is 64.9 cm³/mol. The van der Waals surface area contributed by atoms with Crippen molar-refractivity contribution < 1.29 is 4.89 Å². The summed E-state index contributed by atoms with van der Waals surface area (Å²) < 4.78 is 1.07. The summed E-state index contributed by atoms with van der Waals surface area (Å²) in [5.74, 6) is 0. The molecule has 1 N–H and O–H groups in total. The van der Waals surface area contributed by atoms with Gasteiger partial charge in [0.15, 0.2) is 0 Å². The van der Waals surface area contributed by atoms with E-state index in [-0.39, 0.29) is 0 Å². The highest BCUT2D eigenvalue weighted by atomic mass is 79.9. The van der Waals surface area contributed by atoms with Crippen LogP contribution in [0.2, 0.25) is 0 Å². The lowest BCUT2D eigenvalue weighted by molar-refractivity contribution is 0.641. The van der Waals surface area contributed by atoms with Crippen molar-refractivity contribution >= 4 is 29.4 Å². The van der Waals surface area contributed by atoms with Crippen LogP contribution in [0, 0.1) is 6.92 Å². The molecular formula is C10H16BrOP. The fourth-order valence-corrected chi connectivity index (χ4v) is 1.94. The Labute approximate surface area is 90.1 Å². The Morgan fingerprint density at radius 3 is 2.23 bits per heavy atom. The van der Waals surface area contributed by atoms with E-state index in [2.05, 4.69) is 15.9 Å². The molecule has 0 bridgehead atoms. The molecule has 1 unspecified atom stereocenters. The standard InChI is InChI=1S/C8H10BrOP.C2H6/c1-6-3-4-7(11(2)10)5-8(6)9;1-2/h3-5,10H,1-2H3;1-2H3. The molecule has 0 aliphatic rings. The maximum absolute atomic E-state index is 9.28. The normalized spacial score (nSPS) is 11.5. The quantitative estimate of drug-likeness (QED) is 0.769. The van der Waals surface area contributed by atoms with Crippen LogP contribution in [0.15, 0.2) is 22.7 Å². The van der Waals surface area contributed by atoms with Crippen LogP contribution < -0.4 is 5.30 Å². The summed E-state index contributed by atoms with van der Waals surface area (Å²) >= 11 is 3.41. The molecular weight excluding hydrogens is 247 g/mol. The Hall–Kier alpha value is 0.0900. The van der Waals surface area contributed by atoms with Crippen LogP contribution >= 0.6 is 24.1 Å². The molecule has 1 aromatic carbocycles. The topological polar surface area (TPSA) is 20.2 Å². The van der Waals surface area contributed by atoms with Gasteiger partial charge in [-0.15, -0.1) is 0 Å². The summed E-state index contributed by atoms with van der Waals surface area (Å²) in [6.45, 7) is 7.86. The van der Waals surface area contributed by atoms with Crippen molar-refractivity contribution in [3.63, 3.8) is 0 Å². The van der Waals surface area contributed by atoms with E-state index in [0.717, 1.165) is 9.78 Å². The molecule has 0 saturated carbocycles. The molecule has 1 aromatic rings. The van der Waals surface area contributed by atoms with E-state index >= 15 is 0 Å². The molecule has 74 valence electrons. The molecule has 0 fully saturated rings. The van der Waals surface area contributed by atoms with Crippen molar-refractivity contribution in [3.05, 3.63) is 28.2 Å². The molecule has 0 aromatic heterocycles. The van der Waals surface area contributed by atoms with Gasteiger partial charge in [-0.3, -0.25) is 0 Å². The number of rotatable bonds is 1. The first-order valence-corrected chi connectivity index (χ1v) is 6.83. The minimum atomic E-state index is -0.954. The van der Waals surface area contributed by atoms with Gasteiger partial charge in [0.2, 0.25) is 0 Å². The summed E-state index contributed by atoms with van der Waals surface area (Å²) in [6.07, 6.45) is 0. The molecule has 0 saturated heterocycles. The average molecular weight is 263 g/mol. The summed E-state index contributed by atoms with van der Waals surface area (Å²) in [5.41, 5.74) is 1.20. The van der Waals surface area contributed by atoms with Crippen LogP contribution in [0.3, 0.4) is 0 Å². The fourth-order valence-electron chi connectivity index (χ4n) is 0.783. The largest absolute Gasteiger partial charge is 0.369 e. The van der Waals surface area contributed by atoms with Crippen LogP contribution in [-0.4, -0.2) is 11.6 Å². The van der Waals surface area contributed by atoms with Gasteiger partial charge < -0.3 is 4.89 Å². The van der Waals surface area contributed by atoms with E-state index in [1.54, 1.807) is 0 Å². The minimum absolute atomic E-state index is 0.954. The molecule has 0 aliphatic carbocycles. The first-order chi connectivity index (χ1) is 6.11. The third-order valence-corrected chi connectivity index (χ3v) is 3.41. The molecule has 0 radical (unpaired) electrons. The molecule has 1 rings (SSSR count). The van der Waals surface area contributed by atoms with Crippen molar-refractivity contribution in [1.82, 2.24) is 0 Å². The molecule has 0 spiro atoms. The van der Waals surface area contributed by atoms with Crippen LogP contribution in [0.4, 0.5) is 0 Å². The second kappa shape index (κ2) is 6.53.